The highest BCUT2D eigenvalue weighted by Gasteiger charge is 2.36. The summed E-state index contributed by atoms with van der Waals surface area (Å²) < 4.78 is 7.87. The van der Waals surface area contributed by atoms with Gasteiger partial charge in [-0.1, -0.05) is 0 Å². The fraction of sp³-hybridized carbons (Fsp3) is 0.786. The molecule has 2 atom stereocenters. The molecular weight excluding hydrogens is 226 g/mol. The molecule has 2 unspecified atom stereocenters. The van der Waals surface area contributed by atoms with Gasteiger partial charge >= 0.3 is 0 Å². The third kappa shape index (κ3) is 3.12. The number of nitrogens with zero attached hydrogens (tertiary/aromatic N) is 2. The summed E-state index contributed by atoms with van der Waals surface area (Å²) in [6.45, 7) is 7.84. The van der Waals surface area contributed by atoms with Crippen molar-refractivity contribution in [2.24, 2.45) is 11.7 Å². The summed E-state index contributed by atoms with van der Waals surface area (Å²) in [6, 6.07) is 2.22. The third-order valence-electron chi connectivity index (χ3n) is 3.60. The molecule has 1 fully saturated rings. The lowest BCUT2D eigenvalue weighted by molar-refractivity contribution is 0.0284. The van der Waals surface area contributed by atoms with Crippen molar-refractivity contribution in [3.8, 4) is 0 Å². The topological polar surface area (TPSA) is 53.1 Å². The summed E-state index contributed by atoms with van der Waals surface area (Å²) in [4.78, 5) is 0. The molecule has 1 aliphatic carbocycles. The van der Waals surface area contributed by atoms with Gasteiger partial charge in [0.2, 0.25) is 0 Å². The number of hydrogen-bond acceptors (Lipinski definition) is 3. The minimum absolute atomic E-state index is 0.0823. The second-order valence-electron chi connectivity index (χ2n) is 5.22. The predicted molar refractivity (Wildman–Crippen MR) is 72.5 cm³/mol. The Morgan fingerprint density at radius 2 is 2.22 bits per heavy atom. The molecule has 102 valence electrons. The maximum atomic E-state index is 6.34. The first-order chi connectivity index (χ1) is 8.65. The Morgan fingerprint density at radius 1 is 1.50 bits per heavy atom. The fourth-order valence-electron chi connectivity index (χ4n) is 2.62. The van der Waals surface area contributed by atoms with Crippen molar-refractivity contribution in [2.45, 2.75) is 58.7 Å². The normalized spacial score (nSPS) is 18.9. The van der Waals surface area contributed by atoms with Crippen molar-refractivity contribution in [3.05, 3.63) is 17.5 Å². The van der Waals surface area contributed by atoms with E-state index in [4.69, 9.17) is 10.5 Å². The number of ether oxygens (including phenoxy) is 1. The molecule has 1 aromatic rings. The van der Waals surface area contributed by atoms with Gasteiger partial charge in [0.15, 0.2) is 0 Å². The molecule has 0 aromatic carbocycles. The molecule has 1 aromatic heterocycles. The van der Waals surface area contributed by atoms with Crippen LogP contribution in [0.3, 0.4) is 0 Å². The van der Waals surface area contributed by atoms with Gasteiger partial charge in [0.25, 0.3) is 0 Å². The van der Waals surface area contributed by atoms with E-state index in [-0.39, 0.29) is 12.1 Å². The average molecular weight is 251 g/mol. The molecule has 1 saturated carbocycles. The van der Waals surface area contributed by atoms with E-state index in [1.807, 2.05) is 18.5 Å². The number of nitrogens with two attached hydrogens (primary N) is 1. The Balaban J connectivity index is 2.01. The molecule has 4 heteroatoms. The average Bonchev–Trinajstić information content (AvgIpc) is 3.10. The van der Waals surface area contributed by atoms with Crippen LogP contribution in [-0.4, -0.2) is 28.5 Å². The molecule has 18 heavy (non-hydrogen) atoms. The minimum atomic E-state index is 0.0823. The molecule has 4 nitrogen and oxygen atoms in total. The van der Waals surface area contributed by atoms with Crippen LogP contribution in [0.5, 0.6) is 0 Å². The van der Waals surface area contributed by atoms with E-state index in [1.54, 1.807) is 0 Å². The van der Waals surface area contributed by atoms with Crippen LogP contribution in [0, 0.1) is 12.8 Å². The van der Waals surface area contributed by atoms with Crippen molar-refractivity contribution >= 4 is 0 Å². The maximum Gasteiger partial charge on any atom is 0.0757 e. The molecule has 1 aliphatic rings. The molecule has 0 aliphatic heterocycles. The Hall–Kier alpha value is -0.870. The van der Waals surface area contributed by atoms with E-state index < -0.39 is 0 Å². The van der Waals surface area contributed by atoms with Gasteiger partial charge in [-0.05, 0) is 45.6 Å². The lowest BCUT2D eigenvalue weighted by Crippen LogP contribution is -2.40. The zero-order valence-corrected chi connectivity index (χ0v) is 11.7. The Morgan fingerprint density at radius 3 is 2.78 bits per heavy atom. The van der Waals surface area contributed by atoms with E-state index in [0.29, 0.717) is 5.92 Å². The summed E-state index contributed by atoms with van der Waals surface area (Å²) in [7, 11) is 0. The smallest absolute Gasteiger partial charge is 0.0757 e. The monoisotopic (exact) mass is 251 g/mol. The first-order valence-corrected chi connectivity index (χ1v) is 7.06. The standard InChI is InChI=1S/C14H25N3O/c1-4-17-12(8-10(3)16-17)9-13(15)14(18-5-2)11-6-7-11/h8,11,13-14H,4-7,9,15H2,1-3H3. The maximum absolute atomic E-state index is 6.34. The summed E-state index contributed by atoms with van der Waals surface area (Å²) in [5.74, 6) is 0.680. The zero-order chi connectivity index (χ0) is 13.1. The van der Waals surface area contributed by atoms with Gasteiger partial charge < -0.3 is 10.5 Å². The first-order valence-electron chi connectivity index (χ1n) is 7.06. The molecule has 0 amide bonds. The highest BCUT2D eigenvalue weighted by atomic mass is 16.5. The van der Waals surface area contributed by atoms with Gasteiger partial charge in [-0.15, -0.1) is 0 Å². The van der Waals surface area contributed by atoms with Crippen LogP contribution in [0.4, 0.5) is 0 Å². The van der Waals surface area contributed by atoms with Crippen molar-refractivity contribution in [2.75, 3.05) is 6.61 Å². The van der Waals surface area contributed by atoms with Crippen LogP contribution in [0.25, 0.3) is 0 Å². The van der Waals surface area contributed by atoms with Gasteiger partial charge in [0.05, 0.1) is 11.8 Å². The lowest BCUT2D eigenvalue weighted by Gasteiger charge is -2.23. The van der Waals surface area contributed by atoms with Crippen LogP contribution in [0.1, 0.15) is 38.1 Å². The summed E-state index contributed by atoms with van der Waals surface area (Å²) in [6.07, 6.45) is 3.61. The molecule has 0 radical (unpaired) electrons. The second kappa shape index (κ2) is 5.85. The fourth-order valence-corrected chi connectivity index (χ4v) is 2.62. The quantitative estimate of drug-likeness (QED) is 0.805. The van der Waals surface area contributed by atoms with Crippen molar-refractivity contribution in [3.63, 3.8) is 0 Å². The van der Waals surface area contributed by atoms with Gasteiger partial charge in [-0.25, -0.2) is 0 Å². The molecule has 0 saturated heterocycles. The summed E-state index contributed by atoms with van der Waals surface area (Å²) in [5.41, 5.74) is 8.64. The summed E-state index contributed by atoms with van der Waals surface area (Å²) >= 11 is 0. The SMILES string of the molecule is CCOC(C(N)Cc1cc(C)nn1CC)C1CC1. The number of aryl methyl sites for hydroxylation is 2. The van der Waals surface area contributed by atoms with Gasteiger partial charge in [0.1, 0.15) is 0 Å². The molecule has 0 spiro atoms. The van der Waals surface area contributed by atoms with Gasteiger partial charge in [-0.3, -0.25) is 4.68 Å². The number of aromatic nitrogens is 2. The molecule has 0 bridgehead atoms. The molecule has 1 heterocycles. The molecular formula is C14H25N3O. The first kappa shape index (κ1) is 13.6. The number of rotatable bonds is 7. The number of hydrogen-bond donors (Lipinski definition) is 1. The van der Waals surface area contributed by atoms with E-state index in [2.05, 4.69) is 18.1 Å². The van der Waals surface area contributed by atoms with E-state index in [1.165, 1.54) is 18.5 Å². The third-order valence-corrected chi connectivity index (χ3v) is 3.60. The van der Waals surface area contributed by atoms with Crippen LogP contribution in [0.2, 0.25) is 0 Å². The second-order valence-corrected chi connectivity index (χ2v) is 5.22. The zero-order valence-electron chi connectivity index (χ0n) is 11.7. The summed E-state index contributed by atoms with van der Waals surface area (Å²) in [5, 5.41) is 4.47. The van der Waals surface area contributed by atoms with Crippen molar-refractivity contribution in [1.29, 1.82) is 0 Å². The van der Waals surface area contributed by atoms with E-state index in [9.17, 15) is 0 Å². The highest BCUT2D eigenvalue weighted by Crippen LogP contribution is 2.36. The van der Waals surface area contributed by atoms with Crippen molar-refractivity contribution < 1.29 is 4.74 Å². The molecule has 2 N–H and O–H groups in total. The predicted octanol–water partition coefficient (Wildman–Crippen LogP) is 1.90. The van der Waals surface area contributed by atoms with Crippen LogP contribution in [0.15, 0.2) is 6.07 Å². The Kier molecular flexibility index (Phi) is 4.40. The largest absolute Gasteiger partial charge is 0.377 e. The van der Waals surface area contributed by atoms with Crippen LogP contribution in [-0.2, 0) is 17.7 Å². The van der Waals surface area contributed by atoms with Gasteiger partial charge in [0, 0.05) is 31.3 Å². The van der Waals surface area contributed by atoms with E-state index in [0.717, 1.165) is 25.3 Å². The minimum Gasteiger partial charge on any atom is -0.377 e. The van der Waals surface area contributed by atoms with Crippen LogP contribution < -0.4 is 5.73 Å². The van der Waals surface area contributed by atoms with E-state index >= 15 is 0 Å². The van der Waals surface area contributed by atoms with Gasteiger partial charge in [-0.2, -0.15) is 5.10 Å². The lowest BCUT2D eigenvalue weighted by atomic mass is 10.0. The Bertz CT molecular complexity index is 384. The molecule has 2 rings (SSSR count). The van der Waals surface area contributed by atoms with Crippen LogP contribution >= 0.6 is 0 Å². The van der Waals surface area contributed by atoms with Crippen molar-refractivity contribution in [1.82, 2.24) is 9.78 Å². The highest BCUT2D eigenvalue weighted by molar-refractivity contribution is 5.11. The Labute approximate surface area is 110 Å².